The van der Waals surface area contributed by atoms with Crippen LogP contribution < -0.4 is 4.74 Å². The molecule has 0 bridgehead atoms. The van der Waals surface area contributed by atoms with Gasteiger partial charge in [-0.25, -0.2) is 4.79 Å². The summed E-state index contributed by atoms with van der Waals surface area (Å²) in [7, 11) is 0. The summed E-state index contributed by atoms with van der Waals surface area (Å²) in [6, 6.07) is 7.17. The van der Waals surface area contributed by atoms with Gasteiger partial charge in [-0.3, -0.25) is 0 Å². The Balaban J connectivity index is 0.00000484. The van der Waals surface area contributed by atoms with E-state index in [4.69, 9.17) is 9.47 Å². The first-order valence-corrected chi connectivity index (χ1v) is 8.33. The summed E-state index contributed by atoms with van der Waals surface area (Å²) in [6.45, 7) is 10.2. The van der Waals surface area contributed by atoms with Crippen LogP contribution in [-0.2, 0) is 4.74 Å². The molecule has 0 N–H and O–H groups in total. The first-order chi connectivity index (χ1) is 10.7. The SMILES string of the molecule is CCCCCOc1ccc(C(=O)OCCN(CC)CC)cc1.Cl. The molecule has 0 heterocycles. The van der Waals surface area contributed by atoms with E-state index < -0.39 is 0 Å². The van der Waals surface area contributed by atoms with Gasteiger partial charge >= 0.3 is 5.97 Å². The fourth-order valence-electron chi connectivity index (χ4n) is 2.12. The average Bonchev–Trinajstić information content (AvgIpc) is 2.56. The van der Waals surface area contributed by atoms with Crippen LogP contribution in [0.25, 0.3) is 0 Å². The lowest BCUT2D eigenvalue weighted by molar-refractivity contribution is 0.0466. The van der Waals surface area contributed by atoms with Crippen LogP contribution in [-0.4, -0.2) is 43.7 Å². The van der Waals surface area contributed by atoms with Gasteiger partial charge in [0, 0.05) is 6.54 Å². The minimum absolute atomic E-state index is 0. The zero-order chi connectivity index (χ0) is 16.2. The number of esters is 1. The number of halogens is 1. The largest absolute Gasteiger partial charge is 0.494 e. The smallest absolute Gasteiger partial charge is 0.338 e. The summed E-state index contributed by atoms with van der Waals surface area (Å²) < 4.78 is 10.9. The standard InChI is InChI=1S/C18H29NO3.ClH/c1-4-7-8-14-21-17-11-9-16(10-12-17)18(20)22-15-13-19(5-2)6-3;/h9-12H,4-8,13-15H2,1-3H3;1H. The van der Waals surface area contributed by atoms with Crippen LogP contribution in [0.15, 0.2) is 24.3 Å². The van der Waals surface area contributed by atoms with Crippen molar-refractivity contribution in [3.63, 3.8) is 0 Å². The minimum atomic E-state index is -0.273. The second-order valence-electron chi connectivity index (χ2n) is 5.24. The Morgan fingerprint density at radius 3 is 2.22 bits per heavy atom. The number of unbranched alkanes of at least 4 members (excludes halogenated alkanes) is 2. The molecule has 0 unspecified atom stereocenters. The molecule has 0 aromatic heterocycles. The second kappa shape index (κ2) is 13.2. The Hall–Kier alpha value is -1.26. The van der Waals surface area contributed by atoms with Gasteiger partial charge in [-0.2, -0.15) is 0 Å². The third kappa shape index (κ3) is 8.82. The number of hydrogen-bond donors (Lipinski definition) is 0. The molecule has 0 atom stereocenters. The number of benzene rings is 1. The molecule has 0 aliphatic carbocycles. The molecule has 4 nitrogen and oxygen atoms in total. The third-order valence-electron chi connectivity index (χ3n) is 3.64. The molecule has 0 saturated heterocycles. The van der Waals surface area contributed by atoms with E-state index in [0.717, 1.165) is 38.4 Å². The topological polar surface area (TPSA) is 38.8 Å². The normalized spacial score (nSPS) is 10.3. The van der Waals surface area contributed by atoms with Crippen LogP contribution in [0.2, 0.25) is 0 Å². The lowest BCUT2D eigenvalue weighted by Gasteiger charge is -2.17. The number of carbonyl (C=O) groups excluding carboxylic acids is 1. The molecule has 1 aromatic rings. The Kier molecular flexibility index (Phi) is 12.5. The highest BCUT2D eigenvalue weighted by Gasteiger charge is 2.08. The molecule has 5 heteroatoms. The molecular weight excluding hydrogens is 314 g/mol. The van der Waals surface area contributed by atoms with Crippen molar-refractivity contribution in [2.24, 2.45) is 0 Å². The average molecular weight is 344 g/mol. The van der Waals surface area contributed by atoms with Crippen LogP contribution in [0.3, 0.4) is 0 Å². The van der Waals surface area contributed by atoms with Crippen molar-refractivity contribution in [3.8, 4) is 5.75 Å². The summed E-state index contributed by atoms with van der Waals surface area (Å²) in [5.41, 5.74) is 0.570. The van der Waals surface area contributed by atoms with Gasteiger partial charge in [0.15, 0.2) is 0 Å². The Labute approximate surface area is 146 Å². The molecule has 0 spiro atoms. The van der Waals surface area contributed by atoms with Gasteiger partial charge in [-0.1, -0.05) is 33.6 Å². The van der Waals surface area contributed by atoms with Crippen molar-refractivity contribution < 1.29 is 14.3 Å². The maximum atomic E-state index is 11.9. The van der Waals surface area contributed by atoms with Gasteiger partial charge in [0.1, 0.15) is 12.4 Å². The summed E-state index contributed by atoms with van der Waals surface area (Å²) in [6.07, 6.45) is 3.42. The lowest BCUT2D eigenvalue weighted by atomic mass is 10.2. The first kappa shape index (κ1) is 21.7. The third-order valence-corrected chi connectivity index (χ3v) is 3.64. The van der Waals surface area contributed by atoms with Crippen LogP contribution in [0.4, 0.5) is 0 Å². The monoisotopic (exact) mass is 343 g/mol. The van der Waals surface area contributed by atoms with Crippen LogP contribution in [0.5, 0.6) is 5.75 Å². The second-order valence-corrected chi connectivity index (χ2v) is 5.24. The highest BCUT2D eigenvalue weighted by atomic mass is 35.5. The van der Waals surface area contributed by atoms with E-state index in [2.05, 4.69) is 25.7 Å². The fourth-order valence-corrected chi connectivity index (χ4v) is 2.12. The maximum Gasteiger partial charge on any atom is 0.338 e. The number of likely N-dealkylation sites (N-methyl/N-ethyl adjacent to an activating group) is 1. The molecule has 0 fully saturated rings. The van der Waals surface area contributed by atoms with Crippen LogP contribution in [0, 0.1) is 0 Å². The van der Waals surface area contributed by atoms with Gasteiger partial charge < -0.3 is 14.4 Å². The molecule has 0 saturated carbocycles. The van der Waals surface area contributed by atoms with E-state index in [0.29, 0.717) is 12.2 Å². The summed E-state index contributed by atoms with van der Waals surface area (Å²) in [4.78, 5) is 14.2. The van der Waals surface area contributed by atoms with Gasteiger partial charge in [0.05, 0.1) is 12.2 Å². The van der Waals surface area contributed by atoms with Crippen molar-refractivity contribution >= 4 is 18.4 Å². The molecule has 0 aliphatic rings. The van der Waals surface area contributed by atoms with Crippen LogP contribution >= 0.6 is 12.4 Å². The maximum absolute atomic E-state index is 11.9. The Bertz CT molecular complexity index is 419. The molecular formula is C18H30ClNO3. The molecule has 0 amide bonds. The first-order valence-electron chi connectivity index (χ1n) is 8.33. The zero-order valence-electron chi connectivity index (χ0n) is 14.5. The van der Waals surface area contributed by atoms with E-state index in [-0.39, 0.29) is 18.4 Å². The minimum Gasteiger partial charge on any atom is -0.494 e. The van der Waals surface area contributed by atoms with Gasteiger partial charge in [-0.05, 0) is 43.8 Å². The number of rotatable bonds is 11. The molecule has 1 aromatic carbocycles. The number of hydrogen-bond acceptors (Lipinski definition) is 4. The molecule has 132 valence electrons. The summed E-state index contributed by atoms with van der Waals surface area (Å²) in [5, 5.41) is 0. The number of ether oxygens (including phenoxy) is 2. The number of carbonyl (C=O) groups is 1. The lowest BCUT2D eigenvalue weighted by Crippen LogP contribution is -2.27. The van der Waals surface area contributed by atoms with E-state index >= 15 is 0 Å². The quantitative estimate of drug-likeness (QED) is 0.446. The molecule has 1 rings (SSSR count). The van der Waals surface area contributed by atoms with Crippen molar-refractivity contribution in [2.45, 2.75) is 40.0 Å². The van der Waals surface area contributed by atoms with E-state index in [1.807, 2.05) is 12.1 Å². The number of nitrogens with zero attached hydrogens (tertiary/aromatic N) is 1. The van der Waals surface area contributed by atoms with E-state index in [1.165, 1.54) is 12.8 Å². The van der Waals surface area contributed by atoms with Gasteiger partial charge in [0.25, 0.3) is 0 Å². The molecule has 23 heavy (non-hydrogen) atoms. The summed E-state index contributed by atoms with van der Waals surface area (Å²) in [5.74, 6) is 0.528. The fraction of sp³-hybridized carbons (Fsp3) is 0.611. The van der Waals surface area contributed by atoms with Crippen molar-refractivity contribution in [3.05, 3.63) is 29.8 Å². The van der Waals surface area contributed by atoms with Crippen LogP contribution in [0.1, 0.15) is 50.4 Å². The van der Waals surface area contributed by atoms with E-state index in [9.17, 15) is 4.79 Å². The van der Waals surface area contributed by atoms with Gasteiger partial charge in [-0.15, -0.1) is 12.4 Å². The van der Waals surface area contributed by atoms with E-state index in [1.54, 1.807) is 12.1 Å². The van der Waals surface area contributed by atoms with Crippen molar-refractivity contribution in [2.75, 3.05) is 32.8 Å². The summed E-state index contributed by atoms with van der Waals surface area (Å²) >= 11 is 0. The predicted molar refractivity (Wildman–Crippen MR) is 96.8 cm³/mol. The highest BCUT2D eigenvalue weighted by Crippen LogP contribution is 2.13. The van der Waals surface area contributed by atoms with Gasteiger partial charge in [0.2, 0.25) is 0 Å². The highest BCUT2D eigenvalue weighted by molar-refractivity contribution is 5.89. The van der Waals surface area contributed by atoms with Crippen molar-refractivity contribution in [1.82, 2.24) is 4.90 Å². The zero-order valence-corrected chi connectivity index (χ0v) is 15.4. The van der Waals surface area contributed by atoms with Crippen molar-refractivity contribution in [1.29, 1.82) is 0 Å². The predicted octanol–water partition coefficient (Wildman–Crippen LogP) is 4.18. The molecule has 0 aliphatic heterocycles. The Morgan fingerprint density at radius 1 is 1.00 bits per heavy atom. The molecule has 0 radical (unpaired) electrons. The Morgan fingerprint density at radius 2 is 1.65 bits per heavy atom.